The molecule has 96 valence electrons. The summed E-state index contributed by atoms with van der Waals surface area (Å²) in [7, 11) is 0. The van der Waals surface area contributed by atoms with Gasteiger partial charge in [0.2, 0.25) is 0 Å². The zero-order chi connectivity index (χ0) is 13.0. The fourth-order valence-electron chi connectivity index (χ4n) is 1.57. The van der Waals surface area contributed by atoms with Crippen molar-refractivity contribution < 1.29 is 14.4 Å². The first kappa shape index (κ1) is 12.6. The Kier molecular flexibility index (Phi) is 3.94. The van der Waals surface area contributed by atoms with Gasteiger partial charge in [-0.1, -0.05) is 24.2 Å². The number of hydrogen-bond acceptors (Lipinski definition) is 5. The Morgan fingerprint density at radius 2 is 2.06 bits per heavy atom. The first-order valence-corrected chi connectivity index (χ1v) is 5.89. The molecule has 0 saturated heterocycles. The molecule has 0 unspecified atom stereocenters. The minimum atomic E-state index is -0.419. The number of aromatic nitrogens is 2. The van der Waals surface area contributed by atoms with E-state index >= 15 is 0 Å². The smallest absolute Gasteiger partial charge is 0.264 e. The number of hydrogen-bond donors (Lipinski definition) is 1. The fourth-order valence-corrected chi connectivity index (χ4v) is 1.57. The first-order valence-electron chi connectivity index (χ1n) is 5.89. The molecular weight excluding hydrogens is 232 g/mol. The average Bonchev–Trinajstić information content (AvgIpc) is 2.82. The van der Waals surface area contributed by atoms with E-state index in [1.807, 2.05) is 31.2 Å². The molecule has 0 aliphatic rings. The Morgan fingerprint density at radius 1 is 1.33 bits per heavy atom. The second-order valence-corrected chi connectivity index (χ2v) is 4.02. The average molecular weight is 248 g/mol. The molecule has 0 aliphatic heterocycles. The van der Waals surface area contributed by atoms with Gasteiger partial charge in [-0.05, 0) is 31.0 Å². The molecule has 5 nitrogen and oxygen atoms in total. The number of rotatable bonds is 5. The molecule has 0 spiro atoms. The maximum atomic E-state index is 9.66. The maximum Gasteiger partial charge on any atom is 0.264 e. The van der Waals surface area contributed by atoms with Crippen LogP contribution < -0.4 is 4.74 Å². The molecule has 0 aliphatic carbocycles. The van der Waals surface area contributed by atoms with Crippen LogP contribution in [-0.4, -0.2) is 15.2 Å². The van der Waals surface area contributed by atoms with Gasteiger partial charge in [-0.15, -0.1) is 0 Å². The van der Waals surface area contributed by atoms with E-state index in [1.54, 1.807) is 6.92 Å². The predicted octanol–water partition coefficient (Wildman–Crippen LogP) is 2.40. The zero-order valence-corrected chi connectivity index (χ0v) is 10.5. The summed E-state index contributed by atoms with van der Waals surface area (Å²) < 4.78 is 10.4. The van der Waals surface area contributed by atoms with Crippen LogP contribution in [0.25, 0.3) is 0 Å². The Labute approximate surface area is 105 Å². The van der Waals surface area contributed by atoms with Crippen molar-refractivity contribution in [3.63, 3.8) is 0 Å². The van der Waals surface area contributed by atoms with Crippen LogP contribution in [0.4, 0.5) is 0 Å². The highest BCUT2D eigenvalue weighted by Gasteiger charge is 2.06. The van der Waals surface area contributed by atoms with Crippen molar-refractivity contribution in [3.8, 4) is 5.75 Å². The number of aliphatic hydroxyl groups is 1. The molecule has 0 amide bonds. The van der Waals surface area contributed by atoms with Crippen molar-refractivity contribution in [2.45, 2.75) is 33.0 Å². The normalized spacial score (nSPS) is 12.4. The quantitative estimate of drug-likeness (QED) is 0.879. The van der Waals surface area contributed by atoms with Crippen LogP contribution in [0, 0.1) is 6.92 Å². The second kappa shape index (κ2) is 5.64. The third kappa shape index (κ3) is 3.07. The molecule has 18 heavy (non-hydrogen) atoms. The molecule has 1 heterocycles. The highest BCUT2D eigenvalue weighted by molar-refractivity contribution is 5.28. The van der Waals surface area contributed by atoms with Crippen LogP contribution in [-0.2, 0) is 6.61 Å². The number of ether oxygens (including phenoxy) is 1. The van der Waals surface area contributed by atoms with Crippen LogP contribution in [0.15, 0.2) is 28.8 Å². The standard InChI is InChI=1S/C13H16N2O3/c1-3-12(16)10-4-6-11(7-5-10)17-8-13-14-9(2)15-18-13/h4-7,12,16H,3,8H2,1-2H3/t12-/m1/s1. The van der Waals surface area contributed by atoms with Crippen LogP contribution in [0.2, 0.25) is 0 Å². The summed E-state index contributed by atoms with van der Waals surface area (Å²) in [4.78, 5) is 4.04. The summed E-state index contributed by atoms with van der Waals surface area (Å²) in [5.41, 5.74) is 0.887. The third-order valence-corrected chi connectivity index (χ3v) is 2.58. The van der Waals surface area contributed by atoms with E-state index in [-0.39, 0.29) is 6.61 Å². The van der Waals surface area contributed by atoms with Gasteiger partial charge in [0, 0.05) is 0 Å². The molecular formula is C13H16N2O3. The number of nitrogens with zero attached hydrogens (tertiary/aromatic N) is 2. The molecule has 2 aromatic rings. The monoisotopic (exact) mass is 248 g/mol. The number of aliphatic hydroxyl groups excluding tert-OH is 1. The van der Waals surface area contributed by atoms with E-state index in [0.29, 0.717) is 23.9 Å². The van der Waals surface area contributed by atoms with Gasteiger partial charge < -0.3 is 14.4 Å². The largest absolute Gasteiger partial charge is 0.484 e. The molecule has 1 atom stereocenters. The minimum Gasteiger partial charge on any atom is -0.484 e. The molecule has 1 aromatic carbocycles. The van der Waals surface area contributed by atoms with Crippen molar-refractivity contribution >= 4 is 0 Å². The number of aryl methyl sites for hydroxylation is 1. The van der Waals surface area contributed by atoms with E-state index in [1.165, 1.54) is 0 Å². The lowest BCUT2D eigenvalue weighted by molar-refractivity contribution is 0.173. The van der Waals surface area contributed by atoms with Gasteiger partial charge in [0.05, 0.1) is 6.10 Å². The Balaban J connectivity index is 1.94. The van der Waals surface area contributed by atoms with Crippen molar-refractivity contribution in [2.75, 3.05) is 0 Å². The molecule has 2 rings (SSSR count). The summed E-state index contributed by atoms with van der Waals surface area (Å²) in [5, 5.41) is 13.3. The molecule has 0 radical (unpaired) electrons. The fraction of sp³-hybridized carbons (Fsp3) is 0.385. The van der Waals surface area contributed by atoms with E-state index < -0.39 is 6.10 Å². The predicted molar refractivity (Wildman–Crippen MR) is 65.1 cm³/mol. The van der Waals surface area contributed by atoms with E-state index in [2.05, 4.69) is 10.1 Å². The van der Waals surface area contributed by atoms with Gasteiger partial charge in [-0.3, -0.25) is 0 Å². The first-order chi connectivity index (χ1) is 8.69. The van der Waals surface area contributed by atoms with Gasteiger partial charge in [0.15, 0.2) is 12.4 Å². The van der Waals surface area contributed by atoms with Crippen molar-refractivity contribution in [3.05, 3.63) is 41.5 Å². The van der Waals surface area contributed by atoms with Crippen molar-refractivity contribution in [2.24, 2.45) is 0 Å². The van der Waals surface area contributed by atoms with Crippen molar-refractivity contribution in [1.29, 1.82) is 0 Å². The molecule has 0 bridgehead atoms. The van der Waals surface area contributed by atoms with Gasteiger partial charge in [-0.25, -0.2) is 0 Å². The van der Waals surface area contributed by atoms with Gasteiger partial charge >= 0.3 is 0 Å². The minimum absolute atomic E-state index is 0.247. The second-order valence-electron chi connectivity index (χ2n) is 4.02. The summed E-state index contributed by atoms with van der Waals surface area (Å²) in [6.07, 6.45) is 0.277. The van der Waals surface area contributed by atoms with Gasteiger partial charge in [-0.2, -0.15) is 4.98 Å². The lowest BCUT2D eigenvalue weighted by Gasteiger charge is -2.09. The lowest BCUT2D eigenvalue weighted by atomic mass is 10.1. The van der Waals surface area contributed by atoms with Crippen LogP contribution in [0.1, 0.15) is 36.7 Å². The summed E-state index contributed by atoms with van der Waals surface area (Å²) in [6, 6.07) is 7.33. The van der Waals surface area contributed by atoms with E-state index in [4.69, 9.17) is 9.26 Å². The molecule has 1 aromatic heterocycles. The number of benzene rings is 1. The van der Waals surface area contributed by atoms with Crippen molar-refractivity contribution in [1.82, 2.24) is 10.1 Å². The molecule has 0 saturated carbocycles. The highest BCUT2D eigenvalue weighted by Crippen LogP contribution is 2.20. The highest BCUT2D eigenvalue weighted by atomic mass is 16.5. The molecule has 5 heteroatoms. The van der Waals surface area contributed by atoms with Crippen LogP contribution in [0.5, 0.6) is 5.75 Å². The Hall–Kier alpha value is -1.88. The summed E-state index contributed by atoms with van der Waals surface area (Å²) in [5.74, 6) is 1.75. The maximum absolute atomic E-state index is 9.66. The molecule has 0 fully saturated rings. The molecule has 1 N–H and O–H groups in total. The lowest BCUT2D eigenvalue weighted by Crippen LogP contribution is -1.97. The Bertz CT molecular complexity index is 493. The van der Waals surface area contributed by atoms with Gasteiger partial charge in [0.1, 0.15) is 5.75 Å². The third-order valence-electron chi connectivity index (χ3n) is 2.58. The van der Waals surface area contributed by atoms with Gasteiger partial charge in [0.25, 0.3) is 5.89 Å². The summed E-state index contributed by atoms with van der Waals surface area (Å²) in [6.45, 7) is 3.94. The van der Waals surface area contributed by atoms with E-state index in [9.17, 15) is 5.11 Å². The summed E-state index contributed by atoms with van der Waals surface area (Å²) >= 11 is 0. The zero-order valence-electron chi connectivity index (χ0n) is 10.5. The van der Waals surface area contributed by atoms with E-state index in [0.717, 1.165) is 5.56 Å². The SMILES string of the molecule is CC[C@@H](O)c1ccc(OCc2nc(C)no2)cc1. The van der Waals surface area contributed by atoms with Crippen LogP contribution >= 0.6 is 0 Å². The van der Waals surface area contributed by atoms with Crippen LogP contribution in [0.3, 0.4) is 0 Å². The topological polar surface area (TPSA) is 68.4 Å². The Morgan fingerprint density at radius 3 is 2.61 bits per heavy atom.